The molecule has 0 aromatic carbocycles. The van der Waals surface area contributed by atoms with Gasteiger partial charge in [-0.1, -0.05) is 0 Å². The first kappa shape index (κ1) is 12.6. The molecule has 94 valence electrons. The van der Waals surface area contributed by atoms with Crippen molar-refractivity contribution in [2.24, 2.45) is 7.05 Å². The van der Waals surface area contributed by atoms with Crippen LogP contribution in [0, 0.1) is 45.3 Å². The van der Waals surface area contributed by atoms with Gasteiger partial charge in [0.2, 0.25) is 5.95 Å². The highest BCUT2D eigenvalue weighted by molar-refractivity contribution is 5.44. The van der Waals surface area contributed by atoms with Gasteiger partial charge in [-0.05, 0) is 0 Å². The molecule has 0 aliphatic carbocycles. The van der Waals surface area contributed by atoms with Crippen molar-refractivity contribution in [2.75, 3.05) is 0 Å². The average Bonchev–Trinajstić information content (AvgIpc) is 2.98. The Balaban J connectivity index is 2.87. The highest BCUT2D eigenvalue weighted by atomic mass is 16.1. The zero-order chi connectivity index (χ0) is 14.9. The third kappa shape index (κ3) is 1.53. The van der Waals surface area contributed by atoms with Crippen LogP contribution >= 0.6 is 0 Å². The summed E-state index contributed by atoms with van der Waals surface area (Å²) >= 11 is 0. The third-order valence-electron chi connectivity index (χ3n) is 2.59. The first-order chi connectivity index (χ1) is 9.58. The van der Waals surface area contributed by atoms with Gasteiger partial charge < -0.3 is 4.98 Å². The second-order valence-electron chi connectivity index (χ2n) is 3.61. The second kappa shape index (κ2) is 4.45. The van der Waals surface area contributed by atoms with Crippen molar-refractivity contribution >= 4 is 0 Å². The maximum absolute atomic E-state index is 12.0. The van der Waals surface area contributed by atoms with Gasteiger partial charge in [0.25, 0.3) is 0 Å². The number of rotatable bonds is 1. The van der Waals surface area contributed by atoms with Crippen LogP contribution in [0.25, 0.3) is 5.95 Å². The van der Waals surface area contributed by atoms with E-state index in [1.807, 2.05) is 0 Å². The van der Waals surface area contributed by atoms with E-state index in [0.29, 0.717) is 0 Å². The molecule has 0 fully saturated rings. The molecule has 2 aromatic rings. The first-order valence-corrected chi connectivity index (χ1v) is 5.11. The third-order valence-corrected chi connectivity index (χ3v) is 2.59. The monoisotopic (exact) mass is 264 g/mol. The predicted octanol–water partition coefficient (Wildman–Crippen LogP) is -0.614. The molecule has 0 atom stereocenters. The molecule has 9 heteroatoms. The molecular formula is C11H4N8O. The van der Waals surface area contributed by atoms with Crippen LogP contribution in [0.15, 0.2) is 4.79 Å². The minimum absolute atomic E-state index is 0.124. The van der Waals surface area contributed by atoms with Crippen molar-refractivity contribution in [1.82, 2.24) is 19.1 Å². The summed E-state index contributed by atoms with van der Waals surface area (Å²) in [5, 5.41) is 35.7. The van der Waals surface area contributed by atoms with Crippen molar-refractivity contribution < 1.29 is 0 Å². The molecule has 0 amide bonds. The highest BCUT2D eigenvalue weighted by Crippen LogP contribution is 2.12. The van der Waals surface area contributed by atoms with Gasteiger partial charge in [0, 0.05) is 7.05 Å². The van der Waals surface area contributed by atoms with Gasteiger partial charge >= 0.3 is 5.69 Å². The van der Waals surface area contributed by atoms with Crippen LogP contribution in [0.2, 0.25) is 0 Å². The van der Waals surface area contributed by atoms with E-state index in [4.69, 9.17) is 21.0 Å². The van der Waals surface area contributed by atoms with Crippen LogP contribution in [0.3, 0.4) is 0 Å². The maximum atomic E-state index is 12.0. The normalized spacial score (nSPS) is 9.25. The molecule has 2 rings (SSSR count). The Morgan fingerprint density at radius 3 is 2.15 bits per heavy atom. The number of nitrogens with one attached hydrogen (secondary N) is 1. The lowest BCUT2D eigenvalue weighted by molar-refractivity contribution is 0.797. The van der Waals surface area contributed by atoms with E-state index in [0.717, 1.165) is 9.13 Å². The van der Waals surface area contributed by atoms with Gasteiger partial charge in [0.15, 0.2) is 22.8 Å². The smallest absolute Gasteiger partial charge is 0.314 e. The summed E-state index contributed by atoms with van der Waals surface area (Å²) < 4.78 is 1.83. The predicted molar refractivity (Wildman–Crippen MR) is 62.0 cm³/mol. The molecule has 20 heavy (non-hydrogen) atoms. The lowest BCUT2D eigenvalue weighted by Crippen LogP contribution is -2.22. The Hall–Kier alpha value is -3.82. The van der Waals surface area contributed by atoms with Crippen molar-refractivity contribution in [3.05, 3.63) is 33.3 Å². The molecule has 2 heterocycles. The van der Waals surface area contributed by atoms with E-state index in [1.165, 1.54) is 7.05 Å². The van der Waals surface area contributed by atoms with E-state index in [9.17, 15) is 4.79 Å². The Kier molecular flexibility index (Phi) is 2.81. The van der Waals surface area contributed by atoms with Gasteiger partial charge in [0.05, 0.1) is 0 Å². The van der Waals surface area contributed by atoms with E-state index in [2.05, 4.69) is 9.97 Å². The topological polar surface area (TPSA) is 151 Å². The van der Waals surface area contributed by atoms with Gasteiger partial charge in [-0.2, -0.15) is 26.0 Å². The minimum atomic E-state index is -0.680. The maximum Gasteiger partial charge on any atom is 0.337 e. The average molecular weight is 264 g/mol. The Morgan fingerprint density at radius 2 is 1.70 bits per heavy atom. The van der Waals surface area contributed by atoms with Gasteiger partial charge in [-0.3, -0.25) is 4.57 Å². The van der Waals surface area contributed by atoms with Crippen molar-refractivity contribution in [2.45, 2.75) is 0 Å². The number of hydrogen-bond donors (Lipinski definition) is 1. The number of aromatic nitrogens is 4. The summed E-state index contributed by atoms with van der Waals surface area (Å²) in [7, 11) is 1.33. The standard InChI is InChI=1S/C11H4N8O/c1-18-8(4-14)9(5-15)19(11(18)20)10-16-6(2-12)7(3-13)17-10/h1H3,(H,16,17). The fraction of sp³-hybridized carbons (Fsp3) is 0.0909. The zero-order valence-electron chi connectivity index (χ0n) is 10.0. The summed E-state index contributed by atoms with van der Waals surface area (Å²) in [5.41, 5.74) is -1.35. The summed E-state index contributed by atoms with van der Waals surface area (Å²) in [6.45, 7) is 0. The first-order valence-electron chi connectivity index (χ1n) is 5.11. The number of nitriles is 4. The van der Waals surface area contributed by atoms with E-state index in [1.54, 1.807) is 24.3 Å². The highest BCUT2D eigenvalue weighted by Gasteiger charge is 2.22. The number of imidazole rings is 2. The molecule has 0 aliphatic heterocycles. The molecule has 2 aromatic heterocycles. The molecule has 0 aliphatic rings. The van der Waals surface area contributed by atoms with Gasteiger partial charge in [0.1, 0.15) is 24.3 Å². The van der Waals surface area contributed by atoms with Crippen molar-refractivity contribution in [3.63, 3.8) is 0 Å². The van der Waals surface area contributed by atoms with Gasteiger partial charge in [-0.25, -0.2) is 9.36 Å². The molecule has 0 unspecified atom stereocenters. The molecule has 0 radical (unpaired) electrons. The summed E-state index contributed by atoms with van der Waals surface area (Å²) in [4.78, 5) is 18.3. The molecular weight excluding hydrogens is 260 g/mol. The van der Waals surface area contributed by atoms with Crippen LogP contribution in [-0.2, 0) is 7.05 Å². The van der Waals surface area contributed by atoms with Crippen LogP contribution in [0.1, 0.15) is 22.8 Å². The molecule has 0 bridgehead atoms. The summed E-state index contributed by atoms with van der Waals surface area (Å²) in [6.07, 6.45) is 0. The molecule has 1 N–H and O–H groups in total. The quantitative estimate of drug-likeness (QED) is 0.725. The molecule has 0 spiro atoms. The fourth-order valence-electron chi connectivity index (χ4n) is 1.66. The van der Waals surface area contributed by atoms with Crippen LogP contribution in [0.4, 0.5) is 0 Å². The number of hydrogen-bond acceptors (Lipinski definition) is 6. The number of aromatic amines is 1. The Bertz CT molecular complexity index is 896. The van der Waals surface area contributed by atoms with Crippen LogP contribution < -0.4 is 5.69 Å². The molecule has 9 nitrogen and oxygen atoms in total. The van der Waals surface area contributed by atoms with Crippen LogP contribution in [-0.4, -0.2) is 19.1 Å². The summed E-state index contributed by atoms with van der Waals surface area (Å²) in [5.74, 6) is -0.156. The Morgan fingerprint density at radius 1 is 1.05 bits per heavy atom. The number of nitrogens with zero attached hydrogens (tertiary/aromatic N) is 7. The SMILES string of the molecule is Cn1c(C#N)c(C#N)n(-c2nc(C#N)c(C#N)[nH]2)c1=O. The van der Waals surface area contributed by atoms with E-state index < -0.39 is 5.69 Å². The van der Waals surface area contributed by atoms with Crippen molar-refractivity contribution in [3.8, 4) is 30.2 Å². The second-order valence-corrected chi connectivity index (χ2v) is 3.61. The van der Waals surface area contributed by atoms with E-state index in [-0.39, 0.29) is 28.7 Å². The minimum Gasteiger partial charge on any atom is -0.314 e. The lowest BCUT2D eigenvalue weighted by atomic mass is 10.3. The zero-order valence-corrected chi connectivity index (χ0v) is 10.0. The summed E-state index contributed by atoms with van der Waals surface area (Å²) in [6, 6.07) is 6.89. The number of H-pyrrole nitrogens is 1. The fourth-order valence-corrected chi connectivity index (χ4v) is 1.66. The molecule has 0 saturated heterocycles. The van der Waals surface area contributed by atoms with Gasteiger partial charge in [-0.15, -0.1) is 0 Å². The molecule has 0 saturated carbocycles. The van der Waals surface area contributed by atoms with E-state index >= 15 is 0 Å². The Labute approximate surface area is 111 Å². The largest absolute Gasteiger partial charge is 0.337 e. The van der Waals surface area contributed by atoms with Crippen molar-refractivity contribution in [1.29, 1.82) is 21.0 Å². The lowest BCUT2D eigenvalue weighted by Gasteiger charge is -1.95. The van der Waals surface area contributed by atoms with Crippen LogP contribution in [0.5, 0.6) is 0 Å².